The zero-order chi connectivity index (χ0) is 33.1. The number of carboxylic acid groups (broad SMARTS) is 2. The predicted octanol–water partition coefficient (Wildman–Crippen LogP) is 5.36. The molecule has 0 bridgehead atoms. The Morgan fingerprint density at radius 2 is 1.58 bits per heavy atom. The van der Waals surface area contributed by atoms with Crippen LogP contribution in [0.3, 0.4) is 0 Å². The Kier molecular flexibility index (Phi) is 7.61. The number of carboxylic acids is 2. The molecule has 6 rings (SSSR count). The van der Waals surface area contributed by atoms with Crippen LogP contribution in [0.4, 0.5) is 0 Å². The normalized spacial score (nSPS) is 52.4. The number of carbonyl (C=O) groups is 3. The maximum Gasteiger partial charge on any atom is 0.335 e. The Labute approximate surface area is 267 Å². The number of aliphatic hydroxyl groups is 2. The van der Waals surface area contributed by atoms with Crippen molar-refractivity contribution in [1.82, 2.24) is 0 Å². The van der Waals surface area contributed by atoms with Crippen molar-refractivity contribution in [3.05, 3.63) is 11.6 Å². The first-order valence-electron chi connectivity index (χ1n) is 17.1. The number of fused-ring (bicyclic) bond motifs is 7. The van der Waals surface area contributed by atoms with E-state index in [1.165, 1.54) is 5.57 Å². The van der Waals surface area contributed by atoms with Gasteiger partial charge in [0.25, 0.3) is 0 Å². The van der Waals surface area contributed by atoms with E-state index in [2.05, 4.69) is 41.5 Å². The van der Waals surface area contributed by atoms with E-state index in [1.54, 1.807) is 0 Å². The lowest BCUT2D eigenvalue weighted by molar-refractivity contribution is -0.290. The number of aliphatic hydroxyl groups excluding tert-OH is 2. The van der Waals surface area contributed by atoms with Crippen LogP contribution in [0, 0.1) is 50.2 Å². The van der Waals surface area contributed by atoms with Crippen LogP contribution in [0.15, 0.2) is 11.6 Å². The van der Waals surface area contributed by atoms with Crippen molar-refractivity contribution in [2.45, 2.75) is 143 Å². The van der Waals surface area contributed by atoms with Crippen LogP contribution >= 0.6 is 0 Å². The molecule has 0 aromatic rings. The van der Waals surface area contributed by atoms with Gasteiger partial charge in [0.2, 0.25) is 0 Å². The molecule has 1 aliphatic heterocycles. The Morgan fingerprint density at radius 3 is 2.22 bits per heavy atom. The second-order valence-electron chi connectivity index (χ2n) is 17.7. The van der Waals surface area contributed by atoms with Gasteiger partial charge in [0.15, 0.2) is 18.2 Å². The molecule has 0 spiro atoms. The van der Waals surface area contributed by atoms with Crippen molar-refractivity contribution in [2.24, 2.45) is 50.2 Å². The monoisotopic (exact) mass is 630 g/mol. The van der Waals surface area contributed by atoms with Gasteiger partial charge in [-0.05, 0) is 110 Å². The van der Waals surface area contributed by atoms with Crippen LogP contribution in [-0.2, 0) is 23.9 Å². The van der Waals surface area contributed by atoms with E-state index < -0.39 is 42.0 Å². The molecule has 4 N–H and O–H groups in total. The highest BCUT2D eigenvalue weighted by atomic mass is 16.7. The largest absolute Gasteiger partial charge is 0.481 e. The fourth-order valence-corrected chi connectivity index (χ4v) is 11.9. The van der Waals surface area contributed by atoms with Gasteiger partial charge < -0.3 is 29.9 Å². The summed E-state index contributed by atoms with van der Waals surface area (Å²) in [6, 6.07) is 0. The highest BCUT2D eigenvalue weighted by molar-refractivity contribution is 5.95. The number of carbonyl (C=O) groups excluding carboxylic acids is 1. The standard InChI is InChI=1S/C36H54O9/c1-31(2)23-8-11-36(7)28(34(23,5)10-9-24(31)44-25-17-21(37)26(39)27(45-25)29(40)41)22(38)16-19-20-18-33(4,30(42)43)13-12-32(20,3)14-15-35(19,36)6/h16,20-21,23-28,37,39H,8-15,17-18H2,1-7H3,(H,40,41)(H,42,43)/t20-,21-,23-,24-,25?,26?,27+,28+,32+,33-,34-,35+,36+/m0/s1. The molecule has 0 radical (unpaired) electrons. The van der Waals surface area contributed by atoms with Crippen molar-refractivity contribution in [1.29, 1.82) is 0 Å². The highest BCUT2D eigenvalue weighted by Gasteiger charge is 2.70. The van der Waals surface area contributed by atoms with Crippen LogP contribution in [0.2, 0.25) is 0 Å². The van der Waals surface area contributed by atoms with E-state index in [0.29, 0.717) is 19.3 Å². The summed E-state index contributed by atoms with van der Waals surface area (Å²) in [4.78, 5) is 38.6. The molecule has 9 nitrogen and oxygen atoms in total. The van der Waals surface area contributed by atoms with Crippen LogP contribution in [0.5, 0.6) is 0 Å². The first kappa shape index (κ1) is 33.1. The summed E-state index contributed by atoms with van der Waals surface area (Å²) in [5, 5.41) is 40.2. The number of allylic oxidation sites excluding steroid dienone is 2. The van der Waals surface area contributed by atoms with Gasteiger partial charge in [0.05, 0.1) is 17.6 Å². The summed E-state index contributed by atoms with van der Waals surface area (Å²) < 4.78 is 12.1. The molecule has 1 heterocycles. The van der Waals surface area contributed by atoms with Gasteiger partial charge in [-0.3, -0.25) is 9.59 Å². The Bertz CT molecular complexity index is 1310. The van der Waals surface area contributed by atoms with Gasteiger partial charge in [-0.25, -0.2) is 4.79 Å². The van der Waals surface area contributed by atoms with Crippen LogP contribution < -0.4 is 0 Å². The molecule has 5 fully saturated rings. The zero-order valence-corrected chi connectivity index (χ0v) is 28.1. The summed E-state index contributed by atoms with van der Waals surface area (Å²) >= 11 is 0. The molecule has 45 heavy (non-hydrogen) atoms. The van der Waals surface area contributed by atoms with Gasteiger partial charge in [-0.15, -0.1) is 0 Å². The van der Waals surface area contributed by atoms with E-state index in [1.807, 2.05) is 13.0 Å². The van der Waals surface area contributed by atoms with Crippen LogP contribution in [-0.4, -0.2) is 68.9 Å². The predicted molar refractivity (Wildman–Crippen MR) is 165 cm³/mol. The second-order valence-corrected chi connectivity index (χ2v) is 17.7. The molecule has 0 aromatic carbocycles. The van der Waals surface area contributed by atoms with Gasteiger partial charge >= 0.3 is 11.9 Å². The highest BCUT2D eigenvalue weighted by Crippen LogP contribution is 2.75. The number of ether oxygens (including phenoxy) is 2. The lowest BCUT2D eigenvalue weighted by Crippen LogP contribution is -2.67. The lowest BCUT2D eigenvalue weighted by atomic mass is 9.33. The Balaban J connectivity index is 1.30. The summed E-state index contributed by atoms with van der Waals surface area (Å²) in [7, 11) is 0. The first-order chi connectivity index (χ1) is 20.7. The van der Waals surface area contributed by atoms with Crippen molar-refractivity contribution in [3.8, 4) is 0 Å². The Morgan fingerprint density at radius 1 is 0.911 bits per heavy atom. The number of rotatable bonds is 4. The maximum absolute atomic E-state index is 14.6. The quantitative estimate of drug-likeness (QED) is 0.301. The van der Waals surface area contributed by atoms with Crippen molar-refractivity contribution >= 4 is 17.7 Å². The third-order valence-electron chi connectivity index (χ3n) is 15.0. The lowest BCUT2D eigenvalue weighted by Gasteiger charge is -2.70. The third-order valence-corrected chi connectivity index (χ3v) is 15.0. The van der Waals surface area contributed by atoms with E-state index in [-0.39, 0.29) is 63.1 Å². The molecular formula is C36H54O9. The minimum atomic E-state index is -1.55. The first-order valence-corrected chi connectivity index (χ1v) is 17.1. The molecule has 6 aliphatic rings. The smallest absolute Gasteiger partial charge is 0.335 e. The van der Waals surface area contributed by atoms with Crippen molar-refractivity contribution in [3.63, 3.8) is 0 Å². The fraction of sp³-hybridized carbons (Fsp3) is 0.861. The molecule has 4 saturated carbocycles. The average Bonchev–Trinajstić information content (AvgIpc) is 2.94. The molecule has 1 saturated heterocycles. The van der Waals surface area contributed by atoms with Gasteiger partial charge in [-0.2, -0.15) is 0 Å². The summed E-state index contributed by atoms with van der Waals surface area (Å²) in [6.45, 7) is 15.6. The van der Waals surface area contributed by atoms with E-state index in [0.717, 1.165) is 38.5 Å². The van der Waals surface area contributed by atoms with Crippen molar-refractivity contribution in [2.75, 3.05) is 0 Å². The van der Waals surface area contributed by atoms with Gasteiger partial charge in [-0.1, -0.05) is 47.1 Å². The molecular weight excluding hydrogens is 576 g/mol. The molecule has 5 aliphatic carbocycles. The summed E-state index contributed by atoms with van der Waals surface area (Å²) in [5.41, 5.74) is -0.675. The third kappa shape index (κ3) is 4.56. The number of aliphatic carboxylic acids is 2. The van der Waals surface area contributed by atoms with Gasteiger partial charge in [0, 0.05) is 12.3 Å². The van der Waals surface area contributed by atoms with Crippen LogP contribution in [0.1, 0.15) is 113 Å². The zero-order valence-electron chi connectivity index (χ0n) is 28.1. The summed E-state index contributed by atoms with van der Waals surface area (Å²) in [5.74, 6) is -1.80. The molecule has 0 amide bonds. The van der Waals surface area contributed by atoms with Crippen molar-refractivity contribution < 1.29 is 44.3 Å². The second kappa shape index (κ2) is 10.3. The minimum Gasteiger partial charge on any atom is -0.481 e. The summed E-state index contributed by atoms with van der Waals surface area (Å²) in [6.07, 6.45) is 3.84. The molecule has 0 aromatic heterocycles. The van der Waals surface area contributed by atoms with Crippen LogP contribution in [0.25, 0.3) is 0 Å². The number of hydrogen-bond acceptors (Lipinski definition) is 7. The topological polar surface area (TPSA) is 151 Å². The molecule has 252 valence electrons. The number of ketones is 1. The minimum absolute atomic E-state index is 0.00668. The number of hydrogen-bond donors (Lipinski definition) is 4. The molecule has 9 heteroatoms. The van der Waals surface area contributed by atoms with E-state index in [4.69, 9.17) is 9.47 Å². The fourth-order valence-electron chi connectivity index (χ4n) is 11.9. The van der Waals surface area contributed by atoms with Gasteiger partial charge in [0.1, 0.15) is 6.10 Å². The molecule has 2 unspecified atom stereocenters. The molecule has 13 atom stereocenters. The maximum atomic E-state index is 14.6. The van der Waals surface area contributed by atoms with E-state index in [9.17, 15) is 34.8 Å². The van der Waals surface area contributed by atoms with E-state index >= 15 is 0 Å². The SMILES string of the molecule is CC1(C)[C@@H](OC2C[C@H](O)C(O)[C@H](C(=O)O)O2)CC[C@]2(C)[C@H]3C(=O)C=C4[C@@H]5C[C@@](C)(C(=O)O)CC[C@]5(C)CC[C@@]4(C)[C@]3(C)CC[C@@H]12. The Hall–Kier alpha value is -1.81. The average molecular weight is 631 g/mol.